The van der Waals surface area contributed by atoms with E-state index in [1.807, 2.05) is 6.07 Å². The van der Waals surface area contributed by atoms with Crippen molar-refractivity contribution in [3.63, 3.8) is 0 Å². The molecule has 0 spiro atoms. The van der Waals surface area contributed by atoms with E-state index in [9.17, 15) is 18.0 Å². The first-order chi connectivity index (χ1) is 17.7. The molecule has 192 valence electrons. The molecule has 0 saturated carbocycles. The topological polar surface area (TPSA) is 63.0 Å². The zero-order chi connectivity index (χ0) is 26.2. The molecule has 0 aliphatic carbocycles. The molecule has 2 aromatic heterocycles. The molecule has 10 heteroatoms. The Balaban J connectivity index is 1.41. The lowest BCUT2D eigenvalue weighted by molar-refractivity contribution is -0.142. The average Bonchev–Trinajstić information content (AvgIpc) is 3.31. The summed E-state index contributed by atoms with van der Waals surface area (Å²) < 4.78 is 47.6. The van der Waals surface area contributed by atoms with Crippen LogP contribution in [0.3, 0.4) is 0 Å². The van der Waals surface area contributed by atoms with Crippen LogP contribution >= 0.6 is 0 Å². The molecule has 0 atom stereocenters. The molecule has 37 heavy (non-hydrogen) atoms. The highest BCUT2D eigenvalue weighted by Crippen LogP contribution is 2.33. The number of hydrogen-bond acceptors (Lipinski definition) is 5. The number of nitrogens with zero attached hydrogens (tertiary/aromatic N) is 5. The summed E-state index contributed by atoms with van der Waals surface area (Å²) in [6.45, 7) is 5.09. The Bertz CT molecular complexity index is 1420. The maximum absolute atomic E-state index is 13.9. The quantitative estimate of drug-likeness (QED) is 0.391. The summed E-state index contributed by atoms with van der Waals surface area (Å²) >= 11 is 0. The Kier molecular flexibility index (Phi) is 6.59. The number of aromatic nitrogens is 3. The first-order valence-electron chi connectivity index (χ1n) is 11.9. The molecule has 0 radical (unpaired) electrons. The van der Waals surface area contributed by atoms with Gasteiger partial charge in [0.25, 0.3) is 5.91 Å². The van der Waals surface area contributed by atoms with Gasteiger partial charge in [0.2, 0.25) is 0 Å². The van der Waals surface area contributed by atoms with E-state index in [4.69, 9.17) is 4.74 Å². The number of hydrogen-bond donors (Lipinski definition) is 0. The number of alkyl halides is 3. The van der Waals surface area contributed by atoms with Gasteiger partial charge in [-0.15, -0.1) is 0 Å². The van der Waals surface area contributed by atoms with Gasteiger partial charge in [0.1, 0.15) is 11.3 Å². The van der Waals surface area contributed by atoms with Crippen LogP contribution in [0.1, 0.15) is 27.2 Å². The summed E-state index contributed by atoms with van der Waals surface area (Å²) in [6, 6.07) is 15.8. The van der Waals surface area contributed by atoms with Crippen LogP contribution in [-0.4, -0.2) is 63.6 Å². The minimum Gasteiger partial charge on any atom is -0.497 e. The van der Waals surface area contributed by atoms with Crippen LogP contribution in [0.2, 0.25) is 0 Å². The number of aryl methyl sites for hydroxylation is 1. The molecule has 0 bridgehead atoms. The lowest BCUT2D eigenvalue weighted by Crippen LogP contribution is -2.48. The second-order valence-corrected chi connectivity index (χ2v) is 9.10. The molecule has 1 amide bonds. The normalized spacial score (nSPS) is 14.8. The van der Waals surface area contributed by atoms with E-state index in [2.05, 4.69) is 40.1 Å². The number of piperazine rings is 1. The maximum Gasteiger partial charge on any atom is 0.433 e. The maximum atomic E-state index is 13.9. The first-order valence-corrected chi connectivity index (χ1v) is 11.9. The fraction of sp³-hybridized carbons (Fsp3) is 0.296. The van der Waals surface area contributed by atoms with Gasteiger partial charge in [0.15, 0.2) is 11.3 Å². The van der Waals surface area contributed by atoms with Gasteiger partial charge in [0.05, 0.1) is 19.0 Å². The van der Waals surface area contributed by atoms with Crippen LogP contribution in [0.5, 0.6) is 5.75 Å². The largest absolute Gasteiger partial charge is 0.497 e. The smallest absolute Gasteiger partial charge is 0.433 e. The number of ether oxygens (including phenoxy) is 1. The number of halogens is 3. The molecule has 5 rings (SSSR count). The second-order valence-electron chi connectivity index (χ2n) is 9.10. The zero-order valence-corrected chi connectivity index (χ0v) is 20.5. The Morgan fingerprint density at radius 1 is 1.03 bits per heavy atom. The third kappa shape index (κ3) is 5.15. The van der Waals surface area contributed by atoms with Crippen LogP contribution in [0, 0.1) is 6.92 Å². The fourth-order valence-corrected chi connectivity index (χ4v) is 4.57. The molecule has 1 saturated heterocycles. The molecule has 1 fully saturated rings. The summed E-state index contributed by atoms with van der Waals surface area (Å²) in [5.74, 6) is 0.195. The molecule has 1 aliphatic rings. The summed E-state index contributed by atoms with van der Waals surface area (Å²) in [4.78, 5) is 21.7. The van der Waals surface area contributed by atoms with Crippen molar-refractivity contribution in [2.24, 2.45) is 0 Å². The standard InChI is InChI=1S/C27H26F3N5O2/c1-18-4-3-5-19(14-18)17-33-10-12-34(13-11-33)26(36)22-16-31-35-24(27(28,29)30)15-23(32-25(22)35)20-6-8-21(37-2)9-7-20/h3-9,14-16H,10-13,17H2,1-2H3. The van der Waals surface area contributed by atoms with Crippen molar-refractivity contribution in [2.75, 3.05) is 33.3 Å². The molecule has 2 aromatic carbocycles. The van der Waals surface area contributed by atoms with Gasteiger partial charge < -0.3 is 9.64 Å². The SMILES string of the molecule is COc1ccc(-c2cc(C(F)(F)F)n3ncc(C(=O)N4CCN(Cc5cccc(C)c5)CC4)c3n2)cc1. The van der Waals surface area contributed by atoms with Crippen LogP contribution in [0.15, 0.2) is 60.8 Å². The number of carbonyl (C=O) groups excluding carboxylic acids is 1. The third-order valence-corrected chi connectivity index (χ3v) is 6.53. The van der Waals surface area contributed by atoms with E-state index in [1.54, 1.807) is 29.2 Å². The van der Waals surface area contributed by atoms with Gasteiger partial charge in [-0.3, -0.25) is 9.69 Å². The van der Waals surface area contributed by atoms with Crippen LogP contribution in [-0.2, 0) is 12.7 Å². The van der Waals surface area contributed by atoms with Crippen molar-refractivity contribution in [3.05, 3.63) is 83.2 Å². The number of carbonyl (C=O) groups is 1. The summed E-state index contributed by atoms with van der Waals surface area (Å²) in [5, 5.41) is 3.90. The summed E-state index contributed by atoms with van der Waals surface area (Å²) in [7, 11) is 1.51. The van der Waals surface area contributed by atoms with Crippen molar-refractivity contribution in [3.8, 4) is 17.0 Å². The monoisotopic (exact) mass is 509 g/mol. The predicted octanol–water partition coefficient (Wildman–Crippen LogP) is 4.69. The fourth-order valence-electron chi connectivity index (χ4n) is 4.57. The zero-order valence-electron chi connectivity index (χ0n) is 20.5. The molecule has 3 heterocycles. The van der Waals surface area contributed by atoms with E-state index >= 15 is 0 Å². The molecule has 7 nitrogen and oxygen atoms in total. The highest BCUT2D eigenvalue weighted by molar-refractivity contribution is 6.00. The van der Waals surface area contributed by atoms with Crippen molar-refractivity contribution in [2.45, 2.75) is 19.6 Å². The van der Waals surface area contributed by atoms with Gasteiger partial charge in [-0.1, -0.05) is 29.8 Å². The van der Waals surface area contributed by atoms with Gasteiger partial charge in [-0.05, 0) is 42.8 Å². The van der Waals surface area contributed by atoms with Crippen molar-refractivity contribution in [1.82, 2.24) is 24.4 Å². The van der Waals surface area contributed by atoms with E-state index < -0.39 is 11.9 Å². The van der Waals surface area contributed by atoms with Gasteiger partial charge in [-0.25, -0.2) is 9.50 Å². The van der Waals surface area contributed by atoms with Gasteiger partial charge in [-0.2, -0.15) is 18.3 Å². The first kappa shape index (κ1) is 24.8. The van der Waals surface area contributed by atoms with Crippen molar-refractivity contribution in [1.29, 1.82) is 0 Å². The predicted molar refractivity (Wildman–Crippen MR) is 132 cm³/mol. The van der Waals surface area contributed by atoms with Gasteiger partial charge >= 0.3 is 6.18 Å². The highest BCUT2D eigenvalue weighted by Gasteiger charge is 2.36. The molecule has 4 aromatic rings. The lowest BCUT2D eigenvalue weighted by Gasteiger charge is -2.34. The molecule has 1 aliphatic heterocycles. The minimum atomic E-state index is -4.68. The van der Waals surface area contributed by atoms with Crippen LogP contribution in [0.4, 0.5) is 13.2 Å². The lowest BCUT2D eigenvalue weighted by atomic mass is 10.1. The van der Waals surface area contributed by atoms with E-state index in [0.717, 1.165) is 12.6 Å². The molecular weight excluding hydrogens is 483 g/mol. The Labute approximate surface area is 212 Å². The number of rotatable bonds is 5. The highest BCUT2D eigenvalue weighted by atomic mass is 19.4. The van der Waals surface area contributed by atoms with Crippen molar-refractivity contribution >= 4 is 11.6 Å². The van der Waals surface area contributed by atoms with Crippen LogP contribution < -0.4 is 4.74 Å². The third-order valence-electron chi connectivity index (χ3n) is 6.53. The van der Waals surface area contributed by atoms with E-state index in [1.165, 1.54) is 24.4 Å². The molecule has 0 unspecified atom stereocenters. The minimum absolute atomic E-state index is 0.0491. The van der Waals surface area contributed by atoms with Crippen molar-refractivity contribution < 1.29 is 22.7 Å². The molecule has 0 N–H and O–H groups in total. The van der Waals surface area contributed by atoms with E-state index in [-0.39, 0.29) is 22.8 Å². The Morgan fingerprint density at radius 3 is 2.41 bits per heavy atom. The number of benzene rings is 2. The van der Waals surface area contributed by atoms with Crippen LogP contribution in [0.25, 0.3) is 16.9 Å². The average molecular weight is 510 g/mol. The second kappa shape index (κ2) is 9.85. The Hall–Kier alpha value is -3.92. The summed E-state index contributed by atoms with van der Waals surface area (Å²) in [6.07, 6.45) is -3.51. The Morgan fingerprint density at radius 2 is 1.76 bits per heavy atom. The van der Waals surface area contributed by atoms with Gasteiger partial charge in [0, 0.05) is 38.3 Å². The number of amides is 1. The molecular formula is C27H26F3N5O2. The van der Waals surface area contributed by atoms with E-state index in [0.29, 0.717) is 42.0 Å². The number of methoxy groups -OCH3 is 1. The summed E-state index contributed by atoms with van der Waals surface area (Å²) in [5.41, 5.74) is 1.90. The number of fused-ring (bicyclic) bond motifs is 1.